The second-order valence-electron chi connectivity index (χ2n) is 5.56. The van der Waals surface area contributed by atoms with Crippen LogP contribution in [0.5, 0.6) is 5.75 Å². The Morgan fingerprint density at radius 2 is 2.11 bits per heavy atom. The highest BCUT2D eigenvalue weighted by molar-refractivity contribution is 5.37. The second kappa shape index (κ2) is 6.38. The molecule has 0 spiro atoms. The molecule has 1 aromatic carbocycles. The van der Waals surface area contributed by atoms with Crippen LogP contribution in [-0.4, -0.2) is 6.10 Å². The molecule has 3 atom stereocenters. The molecule has 19 heavy (non-hydrogen) atoms. The Morgan fingerprint density at radius 1 is 1.37 bits per heavy atom. The minimum Gasteiger partial charge on any atom is -0.487 e. The van der Waals surface area contributed by atoms with E-state index >= 15 is 0 Å². The Balaban J connectivity index is 2.22. The van der Waals surface area contributed by atoms with Gasteiger partial charge in [0.25, 0.3) is 0 Å². The van der Waals surface area contributed by atoms with Crippen molar-refractivity contribution in [3.8, 4) is 5.75 Å². The van der Waals surface area contributed by atoms with Crippen molar-refractivity contribution in [1.82, 2.24) is 0 Å². The van der Waals surface area contributed by atoms with Crippen molar-refractivity contribution >= 4 is 0 Å². The summed E-state index contributed by atoms with van der Waals surface area (Å²) in [7, 11) is 0. The number of para-hydroxylation sites is 1. The average Bonchev–Trinajstić information content (AvgIpc) is 2.41. The molecular formula is C16H24FNO. The molecule has 2 unspecified atom stereocenters. The van der Waals surface area contributed by atoms with Crippen molar-refractivity contribution in [3.05, 3.63) is 29.6 Å². The summed E-state index contributed by atoms with van der Waals surface area (Å²) in [5, 5.41) is 0. The smallest absolute Gasteiger partial charge is 0.165 e. The van der Waals surface area contributed by atoms with Crippen molar-refractivity contribution in [2.45, 2.75) is 58.1 Å². The first-order valence-electron chi connectivity index (χ1n) is 7.34. The molecule has 0 saturated heterocycles. The molecule has 0 radical (unpaired) electrons. The lowest BCUT2D eigenvalue weighted by Crippen LogP contribution is -2.30. The van der Waals surface area contributed by atoms with Gasteiger partial charge in [-0.25, -0.2) is 4.39 Å². The Kier molecular flexibility index (Phi) is 4.81. The molecule has 1 saturated carbocycles. The number of hydrogen-bond donors (Lipinski definition) is 1. The van der Waals surface area contributed by atoms with Gasteiger partial charge in [-0.2, -0.15) is 0 Å². The van der Waals surface area contributed by atoms with Crippen LogP contribution in [0.3, 0.4) is 0 Å². The van der Waals surface area contributed by atoms with Gasteiger partial charge in [0.1, 0.15) is 6.10 Å². The van der Waals surface area contributed by atoms with Crippen LogP contribution in [0.4, 0.5) is 4.39 Å². The lowest BCUT2D eigenvalue weighted by molar-refractivity contribution is 0.0849. The highest BCUT2D eigenvalue weighted by Crippen LogP contribution is 2.34. The monoisotopic (exact) mass is 265 g/mol. The van der Waals surface area contributed by atoms with E-state index in [1.165, 1.54) is 25.3 Å². The molecule has 1 aliphatic carbocycles. The zero-order valence-corrected chi connectivity index (χ0v) is 11.9. The standard InChI is InChI=1S/C16H24FNO/c1-3-12-7-4-5-10-15(12)19-16-13(11(2)18)8-6-9-14(16)17/h6,8-9,11-12,15H,3-5,7,10,18H2,1-2H3/t11-,12?,15?/m0/s1. The van der Waals surface area contributed by atoms with Crippen molar-refractivity contribution in [1.29, 1.82) is 0 Å². The van der Waals surface area contributed by atoms with Crippen LogP contribution in [0, 0.1) is 11.7 Å². The van der Waals surface area contributed by atoms with Gasteiger partial charge in [0.2, 0.25) is 0 Å². The lowest BCUT2D eigenvalue weighted by atomic mass is 9.84. The topological polar surface area (TPSA) is 35.2 Å². The Morgan fingerprint density at radius 3 is 2.79 bits per heavy atom. The quantitative estimate of drug-likeness (QED) is 0.885. The Bertz CT molecular complexity index is 419. The number of halogens is 1. The molecular weight excluding hydrogens is 241 g/mol. The Hall–Kier alpha value is -1.09. The van der Waals surface area contributed by atoms with E-state index in [4.69, 9.17) is 10.5 Å². The van der Waals surface area contributed by atoms with Crippen LogP contribution in [0.2, 0.25) is 0 Å². The van der Waals surface area contributed by atoms with Gasteiger partial charge in [-0.15, -0.1) is 0 Å². The molecule has 0 amide bonds. The van der Waals surface area contributed by atoms with E-state index in [0.717, 1.165) is 18.4 Å². The van der Waals surface area contributed by atoms with Gasteiger partial charge in [-0.3, -0.25) is 0 Å². The van der Waals surface area contributed by atoms with Crippen LogP contribution in [-0.2, 0) is 0 Å². The summed E-state index contributed by atoms with van der Waals surface area (Å²) in [6.07, 6.45) is 5.85. The fourth-order valence-corrected chi connectivity index (χ4v) is 2.96. The third kappa shape index (κ3) is 3.27. The van der Waals surface area contributed by atoms with Gasteiger partial charge in [0, 0.05) is 11.6 Å². The summed E-state index contributed by atoms with van der Waals surface area (Å²) in [6, 6.07) is 4.78. The first kappa shape index (κ1) is 14.3. The number of ether oxygens (including phenoxy) is 1. The maximum absolute atomic E-state index is 14.0. The van der Waals surface area contributed by atoms with E-state index in [9.17, 15) is 4.39 Å². The fourth-order valence-electron chi connectivity index (χ4n) is 2.96. The third-order valence-electron chi connectivity index (χ3n) is 4.12. The molecule has 0 bridgehead atoms. The van der Waals surface area contributed by atoms with Gasteiger partial charge < -0.3 is 10.5 Å². The first-order chi connectivity index (χ1) is 9.13. The van der Waals surface area contributed by atoms with Crippen LogP contribution in [0.15, 0.2) is 18.2 Å². The van der Waals surface area contributed by atoms with Crippen molar-refractivity contribution < 1.29 is 9.13 Å². The largest absolute Gasteiger partial charge is 0.487 e. The molecule has 3 heteroatoms. The maximum atomic E-state index is 14.0. The molecule has 2 nitrogen and oxygen atoms in total. The van der Waals surface area contributed by atoms with Gasteiger partial charge in [0.15, 0.2) is 11.6 Å². The summed E-state index contributed by atoms with van der Waals surface area (Å²) in [4.78, 5) is 0. The van der Waals surface area contributed by atoms with Gasteiger partial charge in [0.05, 0.1) is 0 Å². The predicted octanol–water partition coefficient (Wildman–Crippen LogP) is 4.19. The van der Waals surface area contributed by atoms with Crippen molar-refractivity contribution in [3.63, 3.8) is 0 Å². The highest BCUT2D eigenvalue weighted by atomic mass is 19.1. The number of rotatable bonds is 4. The molecule has 2 rings (SSSR count). The molecule has 0 heterocycles. The number of hydrogen-bond acceptors (Lipinski definition) is 2. The van der Waals surface area contributed by atoms with E-state index < -0.39 is 0 Å². The summed E-state index contributed by atoms with van der Waals surface area (Å²) in [6.45, 7) is 4.04. The zero-order valence-electron chi connectivity index (χ0n) is 11.9. The summed E-state index contributed by atoms with van der Waals surface area (Å²) in [5.41, 5.74) is 6.67. The second-order valence-corrected chi connectivity index (χ2v) is 5.56. The molecule has 0 aliphatic heterocycles. The van der Waals surface area contributed by atoms with E-state index in [1.807, 2.05) is 13.0 Å². The normalized spacial score (nSPS) is 25.1. The van der Waals surface area contributed by atoms with Crippen molar-refractivity contribution in [2.75, 3.05) is 0 Å². The van der Waals surface area contributed by atoms with Crippen LogP contribution in [0.25, 0.3) is 0 Å². The average molecular weight is 265 g/mol. The highest BCUT2D eigenvalue weighted by Gasteiger charge is 2.27. The first-order valence-corrected chi connectivity index (χ1v) is 7.34. The maximum Gasteiger partial charge on any atom is 0.165 e. The lowest BCUT2D eigenvalue weighted by Gasteiger charge is -2.32. The van der Waals surface area contributed by atoms with Gasteiger partial charge in [-0.1, -0.05) is 25.5 Å². The SMILES string of the molecule is CCC1CCCCC1Oc1c(F)cccc1[C@H](C)N. The minimum atomic E-state index is -0.296. The zero-order chi connectivity index (χ0) is 13.8. The minimum absolute atomic E-state index is 0.133. The van der Waals surface area contributed by atoms with E-state index in [0.29, 0.717) is 11.7 Å². The fraction of sp³-hybridized carbons (Fsp3) is 0.625. The van der Waals surface area contributed by atoms with Gasteiger partial charge >= 0.3 is 0 Å². The Labute approximate surface area is 115 Å². The van der Waals surface area contributed by atoms with E-state index in [-0.39, 0.29) is 18.0 Å². The van der Waals surface area contributed by atoms with E-state index in [1.54, 1.807) is 6.07 Å². The van der Waals surface area contributed by atoms with Crippen LogP contribution in [0.1, 0.15) is 57.6 Å². The molecule has 2 N–H and O–H groups in total. The van der Waals surface area contributed by atoms with Crippen molar-refractivity contribution in [2.24, 2.45) is 11.7 Å². The molecule has 1 aromatic rings. The third-order valence-corrected chi connectivity index (χ3v) is 4.12. The summed E-state index contributed by atoms with van der Waals surface area (Å²) >= 11 is 0. The predicted molar refractivity (Wildman–Crippen MR) is 75.7 cm³/mol. The number of benzene rings is 1. The summed E-state index contributed by atoms with van der Waals surface area (Å²) < 4.78 is 20.0. The van der Waals surface area contributed by atoms with Crippen LogP contribution >= 0.6 is 0 Å². The van der Waals surface area contributed by atoms with E-state index in [2.05, 4.69) is 6.92 Å². The molecule has 1 aliphatic rings. The molecule has 106 valence electrons. The van der Waals surface area contributed by atoms with Crippen LogP contribution < -0.4 is 10.5 Å². The molecule has 0 aromatic heterocycles. The summed E-state index contributed by atoms with van der Waals surface area (Å²) in [5.74, 6) is 0.604. The number of nitrogens with two attached hydrogens (primary N) is 1. The molecule has 1 fully saturated rings. The van der Waals surface area contributed by atoms with Gasteiger partial charge in [-0.05, 0) is 44.6 Å².